The molecular formula is C20H22Cl2N4O. The van der Waals surface area contributed by atoms with Crippen molar-refractivity contribution in [2.75, 3.05) is 0 Å². The molecule has 1 aliphatic heterocycles. The van der Waals surface area contributed by atoms with Crippen molar-refractivity contribution in [2.24, 2.45) is 12.5 Å². The predicted octanol–water partition coefficient (Wildman–Crippen LogP) is 4.01. The summed E-state index contributed by atoms with van der Waals surface area (Å²) >= 11 is 12.9. The zero-order valence-electron chi connectivity index (χ0n) is 16.0. The Balaban J connectivity index is 1.36. The number of carbonyl (C=O) groups excluding carboxylic acids is 1. The fourth-order valence-corrected chi connectivity index (χ4v) is 6.18. The summed E-state index contributed by atoms with van der Waals surface area (Å²) in [4.78, 5) is 19.9. The van der Waals surface area contributed by atoms with Crippen molar-refractivity contribution in [3.63, 3.8) is 0 Å². The van der Waals surface area contributed by atoms with Crippen molar-refractivity contribution in [3.8, 4) is 0 Å². The average molecular weight is 405 g/mol. The minimum Gasteiger partial charge on any atom is -0.332 e. The number of amides is 1. The van der Waals surface area contributed by atoms with E-state index in [4.69, 9.17) is 23.2 Å². The zero-order chi connectivity index (χ0) is 19.3. The van der Waals surface area contributed by atoms with E-state index in [-0.39, 0.29) is 16.7 Å². The minimum absolute atomic E-state index is 0.0311. The molecule has 3 fully saturated rings. The third kappa shape index (κ3) is 2.10. The highest BCUT2D eigenvalue weighted by atomic mass is 35.5. The molecule has 1 amide bonds. The maximum absolute atomic E-state index is 13.3. The molecule has 6 rings (SSSR count). The molecule has 4 aliphatic rings. The van der Waals surface area contributed by atoms with Crippen molar-refractivity contribution in [1.82, 2.24) is 19.7 Å². The number of halogens is 2. The molecule has 2 aromatic heterocycles. The van der Waals surface area contributed by atoms with Crippen LogP contribution in [0.3, 0.4) is 0 Å². The standard InChI is InChI=1S/C20H22Cl2N4O/c1-10-13-5-26(6-14(13)23-11(2)15(10)21)18(27)20-7-19(8-20,9-20)17-16(22)12(3)24-25(17)4/h5-9H2,1-4H3. The van der Waals surface area contributed by atoms with Crippen LogP contribution in [0.25, 0.3) is 0 Å². The van der Waals surface area contributed by atoms with Crippen LogP contribution < -0.4 is 0 Å². The third-order valence-corrected chi connectivity index (χ3v) is 7.87. The second-order valence-corrected chi connectivity index (χ2v) is 9.44. The van der Waals surface area contributed by atoms with E-state index in [2.05, 4.69) is 10.1 Å². The van der Waals surface area contributed by atoms with Crippen molar-refractivity contribution < 1.29 is 4.79 Å². The molecule has 0 aromatic carbocycles. The van der Waals surface area contributed by atoms with Gasteiger partial charge in [0.1, 0.15) is 0 Å². The molecule has 2 aromatic rings. The lowest BCUT2D eigenvalue weighted by molar-refractivity contribution is -0.189. The molecule has 3 heterocycles. The Bertz CT molecular complexity index is 1010. The number of fused-ring (bicyclic) bond motifs is 1. The maximum Gasteiger partial charge on any atom is 0.229 e. The molecule has 0 radical (unpaired) electrons. The monoisotopic (exact) mass is 404 g/mol. The Morgan fingerprint density at radius 2 is 1.70 bits per heavy atom. The van der Waals surface area contributed by atoms with Gasteiger partial charge in [-0.05, 0) is 51.2 Å². The number of nitrogens with zero attached hydrogens (tertiary/aromatic N) is 4. The van der Waals surface area contributed by atoms with Crippen LogP contribution in [-0.2, 0) is 30.3 Å². The third-order valence-electron chi connectivity index (χ3n) is 6.86. The van der Waals surface area contributed by atoms with Crippen LogP contribution in [0, 0.1) is 26.2 Å². The second-order valence-electron chi connectivity index (χ2n) is 8.69. The fourth-order valence-electron chi connectivity index (χ4n) is 5.66. The summed E-state index contributed by atoms with van der Waals surface area (Å²) in [6.45, 7) is 7.08. The van der Waals surface area contributed by atoms with E-state index < -0.39 is 0 Å². The first-order valence-electron chi connectivity index (χ1n) is 9.31. The summed E-state index contributed by atoms with van der Waals surface area (Å²) in [6, 6.07) is 0. The highest BCUT2D eigenvalue weighted by Gasteiger charge is 2.74. The van der Waals surface area contributed by atoms with Gasteiger partial charge in [-0.3, -0.25) is 14.5 Å². The number of rotatable bonds is 2. The van der Waals surface area contributed by atoms with E-state index in [1.165, 1.54) is 0 Å². The van der Waals surface area contributed by atoms with Crippen molar-refractivity contribution in [1.29, 1.82) is 0 Å². The fraction of sp³-hybridized carbons (Fsp3) is 0.550. The molecule has 0 spiro atoms. The molecular weight excluding hydrogens is 383 g/mol. The van der Waals surface area contributed by atoms with Crippen LogP contribution in [0.1, 0.15) is 53.2 Å². The van der Waals surface area contributed by atoms with E-state index in [1.54, 1.807) is 0 Å². The van der Waals surface area contributed by atoms with Crippen molar-refractivity contribution in [3.05, 3.63) is 43.9 Å². The van der Waals surface area contributed by atoms with Crippen molar-refractivity contribution in [2.45, 2.75) is 58.5 Å². The first kappa shape index (κ1) is 17.5. The van der Waals surface area contributed by atoms with Crippen LogP contribution >= 0.6 is 23.2 Å². The number of hydrogen-bond donors (Lipinski definition) is 0. The number of carbonyl (C=O) groups is 1. The van der Waals surface area contributed by atoms with Gasteiger partial charge < -0.3 is 4.90 Å². The van der Waals surface area contributed by atoms with Gasteiger partial charge in [-0.15, -0.1) is 0 Å². The van der Waals surface area contributed by atoms with Gasteiger partial charge in [0, 0.05) is 19.0 Å². The second kappa shape index (κ2) is 5.26. The highest BCUT2D eigenvalue weighted by Crippen LogP contribution is 2.75. The minimum atomic E-state index is -0.226. The predicted molar refractivity (Wildman–Crippen MR) is 104 cm³/mol. The largest absolute Gasteiger partial charge is 0.332 e. The van der Waals surface area contributed by atoms with Crippen LogP contribution in [0.5, 0.6) is 0 Å². The highest BCUT2D eigenvalue weighted by molar-refractivity contribution is 6.32. The van der Waals surface area contributed by atoms with E-state index >= 15 is 0 Å². The number of aryl methyl sites for hydroxylation is 3. The molecule has 0 unspecified atom stereocenters. The van der Waals surface area contributed by atoms with Gasteiger partial charge >= 0.3 is 0 Å². The van der Waals surface area contributed by atoms with Crippen LogP contribution in [0.2, 0.25) is 10.0 Å². The Kier molecular flexibility index (Phi) is 3.41. The number of aromatic nitrogens is 3. The lowest BCUT2D eigenvalue weighted by Gasteiger charge is -2.69. The topological polar surface area (TPSA) is 51.0 Å². The van der Waals surface area contributed by atoms with Gasteiger partial charge in [-0.25, -0.2) is 0 Å². The molecule has 142 valence electrons. The quantitative estimate of drug-likeness (QED) is 0.759. The van der Waals surface area contributed by atoms with E-state index in [0.29, 0.717) is 18.1 Å². The van der Waals surface area contributed by atoms with Gasteiger partial charge in [0.25, 0.3) is 0 Å². The van der Waals surface area contributed by atoms with Gasteiger partial charge in [0.05, 0.1) is 44.8 Å². The first-order valence-corrected chi connectivity index (χ1v) is 10.1. The molecule has 0 atom stereocenters. The smallest absolute Gasteiger partial charge is 0.229 e. The summed E-state index contributed by atoms with van der Waals surface area (Å²) in [7, 11) is 1.95. The Morgan fingerprint density at radius 3 is 2.30 bits per heavy atom. The van der Waals surface area contributed by atoms with Crippen LogP contribution in [0.15, 0.2) is 0 Å². The van der Waals surface area contributed by atoms with E-state index in [1.807, 2.05) is 37.4 Å². The normalized spacial score (nSPS) is 28.0. The molecule has 7 heteroatoms. The Morgan fingerprint density at radius 1 is 1.04 bits per heavy atom. The van der Waals surface area contributed by atoms with Crippen LogP contribution in [0.4, 0.5) is 0 Å². The van der Waals surface area contributed by atoms with Crippen molar-refractivity contribution >= 4 is 29.1 Å². The summed E-state index contributed by atoms with van der Waals surface area (Å²) in [5.74, 6) is 0.255. The van der Waals surface area contributed by atoms with Gasteiger partial charge in [-0.2, -0.15) is 5.10 Å². The van der Waals surface area contributed by atoms with E-state index in [0.717, 1.165) is 58.2 Å². The summed E-state index contributed by atoms with van der Waals surface area (Å²) in [5.41, 5.74) is 5.78. The first-order chi connectivity index (χ1) is 12.7. The average Bonchev–Trinajstić information content (AvgIpc) is 3.06. The van der Waals surface area contributed by atoms with Gasteiger partial charge in [0.2, 0.25) is 5.91 Å². The molecule has 3 saturated carbocycles. The lowest BCUT2D eigenvalue weighted by Crippen LogP contribution is -2.70. The van der Waals surface area contributed by atoms with Gasteiger partial charge in [-0.1, -0.05) is 23.2 Å². The maximum atomic E-state index is 13.3. The molecule has 2 bridgehead atoms. The Hall–Kier alpha value is -1.59. The van der Waals surface area contributed by atoms with Crippen LogP contribution in [-0.4, -0.2) is 25.6 Å². The molecule has 3 aliphatic carbocycles. The van der Waals surface area contributed by atoms with E-state index in [9.17, 15) is 4.79 Å². The summed E-state index contributed by atoms with van der Waals surface area (Å²) in [6.07, 6.45) is 2.61. The SMILES string of the molecule is Cc1nc2c(c(C)c1Cl)CN(C(=O)C13CC(c4c(Cl)c(C)nn4C)(C1)C3)C2. The summed E-state index contributed by atoms with van der Waals surface area (Å²) in [5, 5.41) is 5.93. The summed E-state index contributed by atoms with van der Waals surface area (Å²) < 4.78 is 1.90. The zero-order valence-corrected chi connectivity index (χ0v) is 17.5. The number of pyridine rings is 1. The molecule has 0 saturated heterocycles. The lowest BCUT2D eigenvalue weighted by atomic mass is 9.34. The molecule has 5 nitrogen and oxygen atoms in total. The Labute approximate surface area is 168 Å². The molecule has 27 heavy (non-hydrogen) atoms. The molecule has 0 N–H and O–H groups in total. The number of hydrogen-bond acceptors (Lipinski definition) is 3. The van der Waals surface area contributed by atoms with Gasteiger partial charge in [0.15, 0.2) is 0 Å².